The van der Waals surface area contributed by atoms with Crippen molar-refractivity contribution in [3.63, 3.8) is 0 Å². The van der Waals surface area contributed by atoms with Gasteiger partial charge in [-0.05, 0) is 66.3 Å². The predicted octanol–water partition coefficient (Wildman–Crippen LogP) is 5.79. The van der Waals surface area contributed by atoms with Crippen LogP contribution in [0.1, 0.15) is 62.9 Å². The van der Waals surface area contributed by atoms with Crippen molar-refractivity contribution in [3.8, 4) is 5.75 Å². The maximum Gasteiger partial charge on any atom is 0.295 e. The number of carbonyl (C=O) groups is 2. The van der Waals surface area contributed by atoms with Gasteiger partial charge >= 0.3 is 0 Å². The van der Waals surface area contributed by atoms with E-state index in [0.717, 1.165) is 16.7 Å². The number of nitrogens with zero attached hydrogens (tertiary/aromatic N) is 2. The third kappa shape index (κ3) is 5.18. The van der Waals surface area contributed by atoms with Crippen molar-refractivity contribution in [2.24, 2.45) is 0 Å². The lowest BCUT2D eigenvalue weighted by atomic mass is 9.85. The van der Waals surface area contributed by atoms with Gasteiger partial charge in [0.05, 0.1) is 17.7 Å². The molecule has 3 aromatic rings. The summed E-state index contributed by atoms with van der Waals surface area (Å²) in [5.74, 6) is -0.898. The largest absolute Gasteiger partial charge is 0.507 e. The van der Waals surface area contributed by atoms with Crippen molar-refractivity contribution in [1.82, 2.24) is 9.88 Å². The number of aliphatic hydroxyl groups is 1. The number of likely N-dealkylation sites (tertiary alicyclic amines) is 1. The van der Waals surface area contributed by atoms with Gasteiger partial charge in [0.25, 0.3) is 11.7 Å². The minimum absolute atomic E-state index is 0.0123. The fraction of sp³-hybridized carbons (Fsp3) is 0.300. The number of carbonyl (C=O) groups excluding carboxylic acids is 2. The molecule has 1 aliphatic rings. The lowest BCUT2D eigenvalue weighted by Crippen LogP contribution is -2.29. The van der Waals surface area contributed by atoms with Crippen LogP contribution in [0.4, 0.5) is 0 Å². The van der Waals surface area contributed by atoms with Crippen molar-refractivity contribution in [3.05, 3.63) is 101 Å². The first-order valence-corrected chi connectivity index (χ1v) is 12.1. The molecule has 186 valence electrons. The summed E-state index contributed by atoms with van der Waals surface area (Å²) in [5.41, 5.74) is 3.16. The number of Topliss-reactive ketones (excluding diaryl/α,β-unsaturated/α-hetero) is 1. The van der Waals surface area contributed by atoms with Crippen LogP contribution >= 0.6 is 0 Å². The Kier molecular flexibility index (Phi) is 6.97. The van der Waals surface area contributed by atoms with E-state index < -0.39 is 17.7 Å². The van der Waals surface area contributed by atoms with Gasteiger partial charge in [-0.15, -0.1) is 0 Å². The molecule has 1 amide bonds. The zero-order chi connectivity index (χ0) is 26.0. The zero-order valence-corrected chi connectivity index (χ0v) is 21.4. The van der Waals surface area contributed by atoms with Crippen LogP contribution in [-0.2, 0) is 21.5 Å². The van der Waals surface area contributed by atoms with Crippen molar-refractivity contribution in [2.75, 3.05) is 0 Å². The lowest BCUT2D eigenvalue weighted by molar-refractivity contribution is -0.140. The molecular formula is C30H32N2O4. The molecule has 1 aliphatic heterocycles. The first-order valence-electron chi connectivity index (χ1n) is 12.1. The van der Waals surface area contributed by atoms with Gasteiger partial charge in [-0.3, -0.25) is 14.6 Å². The van der Waals surface area contributed by atoms with Gasteiger partial charge in [0.15, 0.2) is 0 Å². The Bertz CT molecular complexity index is 1270. The summed E-state index contributed by atoms with van der Waals surface area (Å²) >= 11 is 0. The Labute approximate surface area is 212 Å². The highest BCUT2D eigenvalue weighted by molar-refractivity contribution is 6.46. The zero-order valence-electron chi connectivity index (χ0n) is 21.4. The molecule has 0 aliphatic carbocycles. The molecule has 6 nitrogen and oxygen atoms in total. The number of aliphatic hydroxyl groups excluding tert-OH is 1. The molecule has 2 heterocycles. The number of rotatable bonds is 6. The first kappa shape index (κ1) is 25.2. The molecule has 1 N–H and O–H groups in total. The van der Waals surface area contributed by atoms with Crippen molar-refractivity contribution < 1.29 is 19.4 Å². The maximum atomic E-state index is 13.3. The quantitative estimate of drug-likeness (QED) is 0.272. The normalized spacial score (nSPS) is 17.6. The van der Waals surface area contributed by atoms with Gasteiger partial charge in [0, 0.05) is 24.5 Å². The van der Waals surface area contributed by atoms with Gasteiger partial charge in [-0.2, -0.15) is 0 Å². The standard InChI is InChI=1S/C30H32N2O4/c1-19(2)36-24-14-10-22(11-15-24)27(33)25-26(21-8-12-23(13-9-21)30(3,4)5)32(29(35)28(25)34)18-20-7-6-16-31-17-20/h6-17,19,26,33H,18H2,1-5H3/b27-25+/t26-/m0/s1. The second kappa shape index (κ2) is 9.97. The molecule has 0 unspecified atom stereocenters. The molecule has 1 aromatic heterocycles. The summed E-state index contributed by atoms with van der Waals surface area (Å²) in [7, 11) is 0. The second-order valence-corrected chi connectivity index (χ2v) is 10.4. The van der Waals surface area contributed by atoms with Crippen LogP contribution in [0.2, 0.25) is 0 Å². The molecule has 0 bridgehead atoms. The fourth-order valence-electron chi connectivity index (χ4n) is 4.36. The summed E-state index contributed by atoms with van der Waals surface area (Å²) in [4.78, 5) is 32.2. The number of ketones is 1. The van der Waals surface area contributed by atoms with Crippen molar-refractivity contribution in [2.45, 2.75) is 58.7 Å². The van der Waals surface area contributed by atoms with E-state index in [1.54, 1.807) is 42.7 Å². The molecule has 0 saturated carbocycles. The Morgan fingerprint density at radius 3 is 2.25 bits per heavy atom. The molecule has 6 heteroatoms. The average molecular weight is 485 g/mol. The topological polar surface area (TPSA) is 79.7 Å². The molecule has 2 aromatic carbocycles. The second-order valence-electron chi connectivity index (χ2n) is 10.4. The van der Waals surface area contributed by atoms with Gasteiger partial charge in [0.1, 0.15) is 11.5 Å². The summed E-state index contributed by atoms with van der Waals surface area (Å²) in [6.45, 7) is 10.4. The van der Waals surface area contributed by atoms with E-state index in [2.05, 4.69) is 25.8 Å². The molecule has 36 heavy (non-hydrogen) atoms. The first-order chi connectivity index (χ1) is 17.1. The highest BCUT2D eigenvalue weighted by atomic mass is 16.5. The summed E-state index contributed by atoms with van der Waals surface area (Å²) in [6.07, 6.45) is 3.35. The highest BCUT2D eigenvalue weighted by Crippen LogP contribution is 2.41. The van der Waals surface area contributed by atoms with E-state index in [1.807, 2.05) is 44.2 Å². The number of hydrogen-bond donors (Lipinski definition) is 1. The van der Waals surface area contributed by atoms with Crippen LogP contribution in [-0.4, -0.2) is 32.8 Å². The van der Waals surface area contributed by atoms with Crippen LogP contribution in [0, 0.1) is 0 Å². The summed E-state index contributed by atoms with van der Waals surface area (Å²) < 4.78 is 5.69. The minimum Gasteiger partial charge on any atom is -0.507 e. The van der Waals surface area contributed by atoms with E-state index >= 15 is 0 Å². The molecule has 1 fully saturated rings. The van der Waals surface area contributed by atoms with E-state index in [-0.39, 0.29) is 29.4 Å². The van der Waals surface area contributed by atoms with Crippen molar-refractivity contribution >= 4 is 17.4 Å². The number of hydrogen-bond acceptors (Lipinski definition) is 5. The Balaban J connectivity index is 1.80. The van der Waals surface area contributed by atoms with Crippen LogP contribution in [0.15, 0.2) is 78.6 Å². The van der Waals surface area contributed by atoms with E-state index in [9.17, 15) is 14.7 Å². The molecule has 0 spiro atoms. The van der Waals surface area contributed by atoms with E-state index in [0.29, 0.717) is 11.3 Å². The van der Waals surface area contributed by atoms with Crippen molar-refractivity contribution in [1.29, 1.82) is 0 Å². The molecule has 1 atom stereocenters. The minimum atomic E-state index is -0.731. The van der Waals surface area contributed by atoms with Gasteiger partial charge < -0.3 is 14.7 Å². The van der Waals surface area contributed by atoms with Crippen LogP contribution in [0.3, 0.4) is 0 Å². The fourth-order valence-corrected chi connectivity index (χ4v) is 4.36. The van der Waals surface area contributed by atoms with Crippen LogP contribution in [0.25, 0.3) is 5.76 Å². The third-order valence-corrected chi connectivity index (χ3v) is 6.21. The third-order valence-electron chi connectivity index (χ3n) is 6.21. The van der Waals surface area contributed by atoms with Crippen LogP contribution < -0.4 is 4.74 Å². The van der Waals surface area contributed by atoms with Gasteiger partial charge in [-0.1, -0.05) is 51.1 Å². The number of aromatic nitrogens is 1. The monoisotopic (exact) mass is 484 g/mol. The predicted molar refractivity (Wildman–Crippen MR) is 139 cm³/mol. The van der Waals surface area contributed by atoms with Gasteiger partial charge in [-0.25, -0.2) is 0 Å². The molecule has 1 saturated heterocycles. The lowest BCUT2D eigenvalue weighted by Gasteiger charge is -2.26. The molecule has 0 radical (unpaired) electrons. The maximum absolute atomic E-state index is 13.3. The molecule has 4 rings (SSSR count). The van der Waals surface area contributed by atoms with E-state index in [1.165, 1.54) is 4.90 Å². The summed E-state index contributed by atoms with van der Waals surface area (Å²) in [6, 6.07) is 17.7. The number of ether oxygens (including phenoxy) is 1. The number of amides is 1. The van der Waals surface area contributed by atoms with Gasteiger partial charge in [0.2, 0.25) is 0 Å². The SMILES string of the molecule is CC(C)Oc1ccc(/C(O)=C2\C(=O)C(=O)N(Cc3cccnc3)[C@H]2c2ccc(C(C)(C)C)cc2)cc1. The smallest absolute Gasteiger partial charge is 0.295 e. The number of benzene rings is 2. The Morgan fingerprint density at radius 1 is 1.03 bits per heavy atom. The Hall–Kier alpha value is -3.93. The summed E-state index contributed by atoms with van der Waals surface area (Å²) in [5, 5.41) is 11.3. The molecular weight excluding hydrogens is 452 g/mol. The van der Waals surface area contributed by atoms with E-state index in [4.69, 9.17) is 4.74 Å². The average Bonchev–Trinajstić information content (AvgIpc) is 3.09. The highest BCUT2D eigenvalue weighted by Gasteiger charge is 2.46. The Morgan fingerprint density at radius 2 is 1.69 bits per heavy atom. The number of pyridine rings is 1. The van der Waals surface area contributed by atoms with Crippen LogP contribution in [0.5, 0.6) is 5.75 Å².